The number of hydrogen-bond donors (Lipinski definition) is 1. The van der Waals surface area contributed by atoms with Gasteiger partial charge < -0.3 is 15.0 Å². The summed E-state index contributed by atoms with van der Waals surface area (Å²) in [6.45, 7) is 0.733. The number of halogens is 1. The smallest absolute Gasteiger partial charge is 0.322 e. The number of amides is 2. The maximum atomic E-state index is 12.9. The molecule has 2 fully saturated rings. The third-order valence-corrected chi connectivity index (χ3v) is 7.07. The van der Waals surface area contributed by atoms with E-state index in [9.17, 15) is 17.6 Å². The summed E-state index contributed by atoms with van der Waals surface area (Å²) < 4.78 is 45.6. The van der Waals surface area contributed by atoms with E-state index in [4.69, 9.17) is 4.74 Å². The van der Waals surface area contributed by atoms with E-state index in [0.717, 1.165) is 0 Å². The highest BCUT2D eigenvalue weighted by Gasteiger charge is 2.53. The molecule has 2 saturated heterocycles. The molecule has 144 valence electrons. The third kappa shape index (κ3) is 3.67. The third-order valence-electron chi connectivity index (χ3n) is 4.84. The van der Waals surface area contributed by atoms with Crippen molar-refractivity contribution in [2.75, 3.05) is 30.8 Å². The van der Waals surface area contributed by atoms with E-state index in [1.54, 1.807) is 23.1 Å². The quantitative estimate of drug-likeness (QED) is 0.842. The van der Waals surface area contributed by atoms with E-state index >= 15 is 0 Å². The number of anilines is 1. The highest BCUT2D eigenvalue weighted by Crippen LogP contribution is 2.33. The first kappa shape index (κ1) is 17.9. The summed E-state index contributed by atoms with van der Waals surface area (Å²) in [6.07, 6.45) is 3.31. The highest BCUT2D eigenvalue weighted by atomic mass is 32.2. The monoisotopic (exact) mass is 394 g/mol. The number of rotatable bonds is 3. The van der Waals surface area contributed by atoms with Crippen molar-refractivity contribution in [3.05, 3.63) is 48.5 Å². The van der Waals surface area contributed by atoms with E-state index in [1.807, 2.05) is 0 Å². The first-order valence-corrected chi connectivity index (χ1v) is 10.2. The largest absolute Gasteiger partial charge is 0.369 e. The molecule has 0 saturated carbocycles. The zero-order valence-corrected chi connectivity index (χ0v) is 15.2. The van der Waals surface area contributed by atoms with Gasteiger partial charge in [0.25, 0.3) is 0 Å². The molecule has 27 heavy (non-hydrogen) atoms. The van der Waals surface area contributed by atoms with Crippen LogP contribution < -0.4 is 5.32 Å². The molecule has 2 amide bonds. The van der Waals surface area contributed by atoms with Crippen molar-refractivity contribution in [3.8, 4) is 0 Å². The van der Waals surface area contributed by atoms with Crippen LogP contribution in [0, 0.1) is 5.82 Å². The van der Waals surface area contributed by atoms with Crippen LogP contribution in [0.4, 0.5) is 14.9 Å². The standard InChI is InChI=1S/C17H19FN4O4S/c18-13-2-4-14(5-3-13)20-16(23)21-10-17(11-21)12-27(24,25)15(9-26-17)8-22-7-1-6-19-22/h1-7,15H,8-12H2,(H,20,23)/t15-/m0/s1. The number of nitrogens with one attached hydrogen (secondary N) is 1. The van der Waals surface area contributed by atoms with Gasteiger partial charge in [-0.3, -0.25) is 4.68 Å². The van der Waals surface area contributed by atoms with Crippen LogP contribution >= 0.6 is 0 Å². The van der Waals surface area contributed by atoms with Crippen LogP contribution in [0.2, 0.25) is 0 Å². The van der Waals surface area contributed by atoms with Crippen molar-refractivity contribution < 1.29 is 22.3 Å². The Bertz CT molecular complexity index is 924. The summed E-state index contributed by atoms with van der Waals surface area (Å²) in [7, 11) is -3.37. The molecule has 2 aliphatic rings. The summed E-state index contributed by atoms with van der Waals surface area (Å²) in [6, 6.07) is 6.80. The molecule has 0 aliphatic carbocycles. The van der Waals surface area contributed by atoms with Gasteiger partial charge in [-0.05, 0) is 30.3 Å². The number of nitrogens with zero attached hydrogens (tertiary/aromatic N) is 3. The molecule has 1 aromatic carbocycles. The van der Waals surface area contributed by atoms with Gasteiger partial charge in [0.05, 0.1) is 32.0 Å². The van der Waals surface area contributed by atoms with Crippen molar-refractivity contribution in [1.82, 2.24) is 14.7 Å². The lowest BCUT2D eigenvalue weighted by Gasteiger charge is -2.51. The van der Waals surface area contributed by atoms with E-state index < -0.39 is 20.7 Å². The predicted molar refractivity (Wildman–Crippen MR) is 95.5 cm³/mol. The summed E-state index contributed by atoms with van der Waals surface area (Å²) in [5.41, 5.74) is -0.377. The average Bonchev–Trinajstić information content (AvgIpc) is 3.09. The Morgan fingerprint density at radius 2 is 2.07 bits per heavy atom. The second-order valence-corrected chi connectivity index (χ2v) is 9.23. The van der Waals surface area contributed by atoms with Gasteiger partial charge >= 0.3 is 6.03 Å². The van der Waals surface area contributed by atoms with E-state index in [1.165, 1.54) is 29.2 Å². The van der Waals surface area contributed by atoms with Crippen molar-refractivity contribution >= 4 is 21.6 Å². The Hall–Kier alpha value is -2.46. The minimum atomic E-state index is -3.37. The number of likely N-dealkylation sites (tertiary alicyclic amines) is 1. The molecular formula is C17H19FN4O4S. The Kier molecular flexibility index (Phi) is 4.39. The number of sulfone groups is 1. The first-order chi connectivity index (χ1) is 12.9. The molecule has 1 spiro atoms. The molecule has 10 heteroatoms. The van der Waals surface area contributed by atoms with Crippen molar-refractivity contribution in [1.29, 1.82) is 0 Å². The number of aromatic nitrogens is 2. The fourth-order valence-electron chi connectivity index (χ4n) is 3.39. The van der Waals surface area contributed by atoms with Crippen LogP contribution in [0.15, 0.2) is 42.7 Å². The summed E-state index contributed by atoms with van der Waals surface area (Å²) in [5.74, 6) is -0.506. The van der Waals surface area contributed by atoms with Gasteiger partial charge in [0.15, 0.2) is 9.84 Å². The second-order valence-electron chi connectivity index (χ2n) is 6.94. The highest BCUT2D eigenvalue weighted by molar-refractivity contribution is 7.92. The molecule has 2 aromatic rings. The first-order valence-electron chi connectivity index (χ1n) is 8.50. The Morgan fingerprint density at radius 1 is 1.33 bits per heavy atom. The zero-order chi connectivity index (χ0) is 19.1. The van der Waals surface area contributed by atoms with Crippen LogP contribution in [0.25, 0.3) is 0 Å². The van der Waals surface area contributed by atoms with E-state index in [0.29, 0.717) is 5.69 Å². The van der Waals surface area contributed by atoms with Crippen molar-refractivity contribution in [2.24, 2.45) is 0 Å². The molecule has 1 aromatic heterocycles. The Morgan fingerprint density at radius 3 is 2.70 bits per heavy atom. The van der Waals surface area contributed by atoms with Gasteiger partial charge in [0.2, 0.25) is 0 Å². The van der Waals surface area contributed by atoms with Crippen LogP contribution in [-0.4, -0.2) is 65.4 Å². The number of ether oxygens (including phenoxy) is 1. The molecule has 0 unspecified atom stereocenters. The van der Waals surface area contributed by atoms with E-state index in [-0.39, 0.29) is 43.8 Å². The van der Waals surface area contributed by atoms with E-state index in [2.05, 4.69) is 10.4 Å². The SMILES string of the molecule is O=C(Nc1ccc(F)cc1)N1CC2(C1)CS(=O)(=O)[C@@H](Cn1cccn1)CO2. The zero-order valence-electron chi connectivity index (χ0n) is 14.4. The van der Waals surface area contributed by atoms with Crippen LogP contribution in [-0.2, 0) is 21.1 Å². The number of urea groups is 1. The Labute approximate surface area is 155 Å². The molecule has 1 atom stereocenters. The predicted octanol–water partition coefficient (Wildman–Crippen LogP) is 1.12. The number of hydrogen-bond acceptors (Lipinski definition) is 5. The molecule has 8 nitrogen and oxygen atoms in total. The lowest BCUT2D eigenvalue weighted by molar-refractivity contribution is -0.117. The van der Waals surface area contributed by atoms with Gasteiger partial charge in [-0.1, -0.05) is 0 Å². The lowest BCUT2D eigenvalue weighted by Crippen LogP contribution is -2.71. The molecule has 2 aliphatic heterocycles. The second kappa shape index (κ2) is 6.61. The molecule has 1 N–H and O–H groups in total. The Balaban J connectivity index is 1.34. The number of carbonyl (C=O) groups is 1. The maximum absolute atomic E-state index is 12.9. The van der Waals surface area contributed by atoms with Gasteiger partial charge in [0.1, 0.15) is 16.7 Å². The maximum Gasteiger partial charge on any atom is 0.322 e. The summed E-state index contributed by atoms with van der Waals surface area (Å²) in [5, 5.41) is 6.05. The fourth-order valence-corrected chi connectivity index (χ4v) is 5.28. The molecular weight excluding hydrogens is 375 g/mol. The summed E-state index contributed by atoms with van der Waals surface area (Å²) >= 11 is 0. The number of benzene rings is 1. The van der Waals surface area contributed by atoms with Gasteiger partial charge in [-0.25, -0.2) is 17.6 Å². The molecule has 3 heterocycles. The topological polar surface area (TPSA) is 93.5 Å². The minimum Gasteiger partial charge on any atom is -0.369 e. The average molecular weight is 394 g/mol. The van der Waals surface area contributed by atoms with Gasteiger partial charge in [-0.15, -0.1) is 0 Å². The molecule has 0 bridgehead atoms. The van der Waals surface area contributed by atoms with Crippen LogP contribution in [0.1, 0.15) is 0 Å². The summed E-state index contributed by atoms with van der Waals surface area (Å²) in [4.78, 5) is 13.7. The molecule has 4 rings (SSSR count). The normalized spacial score (nSPS) is 23.0. The fraction of sp³-hybridized carbons (Fsp3) is 0.412. The lowest BCUT2D eigenvalue weighted by atomic mass is 9.96. The van der Waals surface area contributed by atoms with Crippen molar-refractivity contribution in [2.45, 2.75) is 17.4 Å². The van der Waals surface area contributed by atoms with Crippen LogP contribution in [0.3, 0.4) is 0 Å². The number of carbonyl (C=O) groups excluding carboxylic acids is 1. The van der Waals surface area contributed by atoms with Gasteiger partial charge in [-0.2, -0.15) is 5.10 Å². The van der Waals surface area contributed by atoms with Gasteiger partial charge in [0, 0.05) is 18.1 Å². The molecule has 0 radical (unpaired) electrons. The minimum absolute atomic E-state index is 0.0790. The van der Waals surface area contributed by atoms with Crippen molar-refractivity contribution in [3.63, 3.8) is 0 Å². The van der Waals surface area contributed by atoms with Crippen LogP contribution in [0.5, 0.6) is 0 Å².